The Labute approximate surface area is 182 Å². The Bertz CT molecular complexity index is 1180. The van der Waals surface area contributed by atoms with E-state index in [-0.39, 0.29) is 16.4 Å². The van der Waals surface area contributed by atoms with Gasteiger partial charge in [-0.25, -0.2) is 5.43 Å². The van der Waals surface area contributed by atoms with Gasteiger partial charge in [-0.1, -0.05) is 46.3 Å². The van der Waals surface area contributed by atoms with Crippen molar-refractivity contribution in [1.82, 2.24) is 5.43 Å². The Morgan fingerprint density at radius 2 is 1.77 bits per heavy atom. The zero-order chi connectivity index (χ0) is 21.6. The molecular weight excluding hydrogens is 472 g/mol. The monoisotopic (exact) mass is 488 g/mol. The summed E-state index contributed by atoms with van der Waals surface area (Å²) < 4.78 is 36.6. The van der Waals surface area contributed by atoms with Gasteiger partial charge in [-0.05, 0) is 42.5 Å². The fourth-order valence-corrected chi connectivity index (χ4v) is 3.87. The summed E-state index contributed by atoms with van der Waals surface area (Å²) >= 11 is 3.30. The van der Waals surface area contributed by atoms with E-state index in [9.17, 15) is 13.2 Å². The molecule has 0 spiro atoms. The van der Waals surface area contributed by atoms with E-state index in [0.29, 0.717) is 11.1 Å². The minimum atomic E-state index is -4.09. The number of methoxy groups -OCH3 is 1. The maximum Gasteiger partial charge on any atom is 0.339 e. The first kappa shape index (κ1) is 21.5. The first-order valence-corrected chi connectivity index (χ1v) is 10.9. The van der Waals surface area contributed by atoms with Crippen LogP contribution in [0.1, 0.15) is 15.9 Å². The van der Waals surface area contributed by atoms with Crippen molar-refractivity contribution in [3.8, 4) is 11.5 Å². The van der Waals surface area contributed by atoms with Crippen molar-refractivity contribution in [2.24, 2.45) is 5.10 Å². The Morgan fingerprint density at radius 1 is 1.03 bits per heavy atom. The van der Waals surface area contributed by atoms with Crippen LogP contribution in [0.2, 0.25) is 0 Å². The molecule has 9 heteroatoms. The highest BCUT2D eigenvalue weighted by molar-refractivity contribution is 9.10. The topological polar surface area (TPSA) is 94.1 Å². The number of hydrazone groups is 1. The second kappa shape index (κ2) is 9.55. The van der Waals surface area contributed by atoms with E-state index < -0.39 is 16.0 Å². The number of carbonyl (C=O) groups is 1. The molecule has 0 saturated carbocycles. The molecule has 0 unspecified atom stereocenters. The van der Waals surface area contributed by atoms with Crippen molar-refractivity contribution in [3.05, 3.63) is 88.4 Å². The predicted molar refractivity (Wildman–Crippen MR) is 116 cm³/mol. The van der Waals surface area contributed by atoms with Gasteiger partial charge in [0, 0.05) is 15.6 Å². The molecule has 0 heterocycles. The number of para-hydroxylation sites is 1. The van der Waals surface area contributed by atoms with Crippen LogP contribution in [0.25, 0.3) is 0 Å². The molecule has 0 radical (unpaired) electrons. The van der Waals surface area contributed by atoms with Gasteiger partial charge in [-0.15, -0.1) is 0 Å². The van der Waals surface area contributed by atoms with Crippen LogP contribution in [-0.4, -0.2) is 27.6 Å². The Hall–Kier alpha value is -3.17. The number of hydrogen-bond acceptors (Lipinski definition) is 6. The predicted octanol–water partition coefficient (Wildman–Crippen LogP) is 3.99. The number of hydrogen-bond donors (Lipinski definition) is 1. The highest BCUT2D eigenvalue weighted by Crippen LogP contribution is 2.32. The molecule has 0 aromatic heterocycles. The summed E-state index contributed by atoms with van der Waals surface area (Å²) in [6, 6.07) is 19.4. The molecule has 0 atom stereocenters. The van der Waals surface area contributed by atoms with Crippen LogP contribution in [0, 0.1) is 0 Å². The first-order chi connectivity index (χ1) is 14.4. The van der Waals surface area contributed by atoms with E-state index in [0.717, 1.165) is 4.47 Å². The molecule has 3 rings (SSSR count). The second-order valence-electron chi connectivity index (χ2n) is 5.94. The highest BCUT2D eigenvalue weighted by atomic mass is 79.9. The van der Waals surface area contributed by atoms with Crippen molar-refractivity contribution in [2.45, 2.75) is 4.90 Å². The smallest absolute Gasteiger partial charge is 0.339 e. The molecule has 3 aromatic carbocycles. The largest absolute Gasteiger partial charge is 0.493 e. The second-order valence-corrected chi connectivity index (χ2v) is 8.40. The van der Waals surface area contributed by atoms with E-state index in [1.807, 2.05) is 0 Å². The molecule has 30 heavy (non-hydrogen) atoms. The Morgan fingerprint density at radius 3 is 2.47 bits per heavy atom. The summed E-state index contributed by atoms with van der Waals surface area (Å²) in [5.41, 5.74) is 3.12. The van der Waals surface area contributed by atoms with Gasteiger partial charge in [0.05, 0.1) is 13.3 Å². The highest BCUT2D eigenvalue weighted by Gasteiger charge is 2.21. The maximum absolute atomic E-state index is 12.6. The average molecular weight is 489 g/mol. The lowest BCUT2D eigenvalue weighted by Crippen LogP contribution is -2.17. The lowest BCUT2D eigenvalue weighted by molar-refractivity contribution is 0.0955. The Balaban J connectivity index is 1.85. The van der Waals surface area contributed by atoms with Crippen LogP contribution in [0.4, 0.5) is 0 Å². The minimum Gasteiger partial charge on any atom is -0.493 e. The van der Waals surface area contributed by atoms with Gasteiger partial charge in [-0.2, -0.15) is 13.5 Å². The van der Waals surface area contributed by atoms with Crippen LogP contribution < -0.4 is 14.3 Å². The molecule has 1 amide bonds. The molecule has 0 aliphatic heterocycles. The van der Waals surface area contributed by atoms with Gasteiger partial charge in [0.25, 0.3) is 5.91 Å². The number of halogens is 1. The van der Waals surface area contributed by atoms with Gasteiger partial charge in [-0.3, -0.25) is 4.79 Å². The van der Waals surface area contributed by atoms with Crippen molar-refractivity contribution in [3.63, 3.8) is 0 Å². The van der Waals surface area contributed by atoms with Crippen molar-refractivity contribution in [1.29, 1.82) is 0 Å². The molecule has 0 saturated heterocycles. The van der Waals surface area contributed by atoms with Crippen molar-refractivity contribution >= 4 is 38.2 Å². The van der Waals surface area contributed by atoms with E-state index in [2.05, 4.69) is 26.5 Å². The van der Waals surface area contributed by atoms with Gasteiger partial charge in [0.1, 0.15) is 4.90 Å². The van der Waals surface area contributed by atoms with E-state index in [1.165, 1.54) is 25.5 Å². The molecule has 0 bridgehead atoms. The number of rotatable bonds is 7. The van der Waals surface area contributed by atoms with E-state index in [4.69, 9.17) is 8.92 Å². The van der Waals surface area contributed by atoms with Gasteiger partial charge in [0.15, 0.2) is 11.5 Å². The maximum atomic E-state index is 12.6. The minimum absolute atomic E-state index is 0.00162. The number of carbonyl (C=O) groups excluding carboxylic acids is 1. The molecule has 154 valence electrons. The van der Waals surface area contributed by atoms with Gasteiger partial charge in [0.2, 0.25) is 0 Å². The van der Waals surface area contributed by atoms with Gasteiger partial charge >= 0.3 is 10.1 Å². The standard InChI is InChI=1S/C21H17BrN2O5S/c1-28-19-12-6-8-16(14-23-24-21(25)15-7-5-9-17(22)13-15)20(19)29-30(26,27)18-10-3-2-4-11-18/h2-14H,1H3,(H,24,25). The zero-order valence-electron chi connectivity index (χ0n) is 15.8. The molecule has 0 aliphatic rings. The van der Waals surface area contributed by atoms with Crippen molar-refractivity contribution < 1.29 is 22.1 Å². The lowest BCUT2D eigenvalue weighted by Gasteiger charge is -2.13. The van der Waals surface area contributed by atoms with Gasteiger partial charge < -0.3 is 8.92 Å². The molecule has 0 fully saturated rings. The molecule has 1 N–H and O–H groups in total. The summed E-state index contributed by atoms with van der Waals surface area (Å²) in [4.78, 5) is 12.2. The van der Waals surface area contributed by atoms with Crippen LogP contribution in [-0.2, 0) is 10.1 Å². The average Bonchev–Trinajstić information content (AvgIpc) is 2.75. The SMILES string of the molecule is COc1cccc(C=NNC(=O)c2cccc(Br)c2)c1OS(=O)(=O)c1ccccc1. The number of nitrogens with zero attached hydrogens (tertiary/aromatic N) is 1. The summed E-state index contributed by atoms with van der Waals surface area (Å²) in [5, 5.41) is 3.92. The fourth-order valence-electron chi connectivity index (χ4n) is 2.48. The zero-order valence-corrected chi connectivity index (χ0v) is 18.2. The molecule has 0 aliphatic carbocycles. The van der Waals surface area contributed by atoms with Crippen LogP contribution in [0.15, 0.2) is 87.3 Å². The summed E-state index contributed by atoms with van der Waals surface area (Å²) in [6.45, 7) is 0. The molecular formula is C21H17BrN2O5S. The Kier molecular flexibility index (Phi) is 6.86. The third-order valence-electron chi connectivity index (χ3n) is 3.91. The van der Waals surface area contributed by atoms with E-state index in [1.54, 1.807) is 60.7 Å². The van der Waals surface area contributed by atoms with Crippen LogP contribution in [0.3, 0.4) is 0 Å². The van der Waals surface area contributed by atoms with Crippen molar-refractivity contribution in [2.75, 3.05) is 7.11 Å². The van der Waals surface area contributed by atoms with E-state index >= 15 is 0 Å². The van der Waals surface area contributed by atoms with Crippen LogP contribution in [0.5, 0.6) is 11.5 Å². The summed E-state index contributed by atoms with van der Waals surface area (Å²) in [6.07, 6.45) is 1.29. The summed E-state index contributed by atoms with van der Waals surface area (Å²) in [7, 11) is -2.70. The normalized spacial score (nSPS) is 11.3. The van der Waals surface area contributed by atoms with Crippen LogP contribution >= 0.6 is 15.9 Å². The number of amides is 1. The fraction of sp³-hybridized carbons (Fsp3) is 0.0476. The third kappa shape index (κ3) is 5.25. The quantitative estimate of drug-likeness (QED) is 0.308. The number of nitrogens with one attached hydrogen (secondary N) is 1. The molecule has 3 aromatic rings. The summed E-state index contributed by atoms with van der Waals surface area (Å²) in [5.74, 6) is -0.254. The third-order valence-corrected chi connectivity index (χ3v) is 5.64. The number of ether oxygens (including phenoxy) is 1. The lowest BCUT2D eigenvalue weighted by atomic mass is 10.2. The first-order valence-electron chi connectivity index (χ1n) is 8.66. The number of benzene rings is 3. The molecule has 7 nitrogen and oxygen atoms in total.